The van der Waals surface area contributed by atoms with Crippen LogP contribution in [0.3, 0.4) is 0 Å². The van der Waals surface area contributed by atoms with E-state index in [0.29, 0.717) is 19.1 Å². The molecule has 0 aromatic heterocycles. The van der Waals surface area contributed by atoms with Crippen molar-refractivity contribution in [3.63, 3.8) is 0 Å². The summed E-state index contributed by atoms with van der Waals surface area (Å²) in [5.74, 6) is -0.315. The first kappa shape index (κ1) is 12.5. The minimum absolute atomic E-state index is 0.235. The smallest absolute Gasteiger partial charge is 0.186 e. The maximum Gasteiger partial charge on any atom is 0.186 e. The first-order valence-corrected chi connectivity index (χ1v) is 5.90. The van der Waals surface area contributed by atoms with Crippen LogP contribution in [0.15, 0.2) is 0 Å². The van der Waals surface area contributed by atoms with Crippen molar-refractivity contribution in [2.75, 3.05) is 19.1 Å². The van der Waals surface area contributed by atoms with Gasteiger partial charge in [0.1, 0.15) is 18.3 Å². The van der Waals surface area contributed by atoms with Gasteiger partial charge >= 0.3 is 0 Å². The molecule has 5 nitrogen and oxygen atoms in total. The number of aliphatic hydroxyl groups is 1. The fraction of sp³-hybridized carbons (Fsp3) is 1.00. The summed E-state index contributed by atoms with van der Waals surface area (Å²) in [5.41, 5.74) is 0. The summed E-state index contributed by atoms with van der Waals surface area (Å²) in [5, 5.41) is 10.00. The molecular formula is C10H17ClO5. The lowest BCUT2D eigenvalue weighted by atomic mass is 10.1. The van der Waals surface area contributed by atoms with E-state index >= 15 is 0 Å². The van der Waals surface area contributed by atoms with Crippen LogP contribution in [0.1, 0.15) is 13.8 Å². The van der Waals surface area contributed by atoms with Gasteiger partial charge in [-0.15, -0.1) is 11.6 Å². The van der Waals surface area contributed by atoms with Crippen LogP contribution in [0.2, 0.25) is 0 Å². The zero-order chi connectivity index (χ0) is 11.8. The minimum Gasteiger partial charge on any atom is -0.385 e. The summed E-state index contributed by atoms with van der Waals surface area (Å²) in [7, 11) is 0. The predicted octanol–water partition coefficient (Wildman–Crippen LogP) is 0.479. The normalized spacial score (nSPS) is 42.0. The second-order valence-electron chi connectivity index (χ2n) is 4.39. The summed E-state index contributed by atoms with van der Waals surface area (Å²) in [6, 6.07) is 0. The number of fused-ring (bicyclic) bond motifs is 1. The van der Waals surface area contributed by atoms with Crippen LogP contribution in [0.5, 0.6) is 0 Å². The van der Waals surface area contributed by atoms with E-state index in [1.165, 1.54) is 0 Å². The van der Waals surface area contributed by atoms with Gasteiger partial charge in [-0.3, -0.25) is 0 Å². The highest BCUT2D eigenvalue weighted by Gasteiger charge is 2.50. The number of alkyl halides is 1. The number of hydrogen-bond acceptors (Lipinski definition) is 5. The van der Waals surface area contributed by atoms with Crippen molar-refractivity contribution in [2.45, 2.75) is 44.2 Å². The highest BCUT2D eigenvalue weighted by Crippen LogP contribution is 2.34. The van der Waals surface area contributed by atoms with Gasteiger partial charge in [-0.05, 0) is 13.8 Å². The van der Waals surface area contributed by atoms with Crippen molar-refractivity contribution in [2.24, 2.45) is 0 Å². The molecule has 2 fully saturated rings. The standard InChI is InChI=1S/C10H17ClO5/c1-10(2)15-6-5-14-9(13-4-3-11)7(12)8(6)16-10/h6-9,12H,3-5H2,1-2H3/t6-,7+,8-,9-/m1/s1. The fourth-order valence-corrected chi connectivity index (χ4v) is 2.12. The third-order valence-corrected chi connectivity index (χ3v) is 2.78. The molecule has 2 aliphatic rings. The Morgan fingerprint density at radius 3 is 2.88 bits per heavy atom. The van der Waals surface area contributed by atoms with Gasteiger partial charge in [0.2, 0.25) is 0 Å². The minimum atomic E-state index is -0.844. The molecule has 2 saturated heterocycles. The van der Waals surface area contributed by atoms with Gasteiger partial charge in [0.15, 0.2) is 12.1 Å². The van der Waals surface area contributed by atoms with Crippen LogP contribution in [0, 0.1) is 0 Å². The van der Waals surface area contributed by atoms with Crippen molar-refractivity contribution in [3.8, 4) is 0 Å². The number of rotatable bonds is 3. The number of halogens is 1. The SMILES string of the molecule is CC1(C)O[C@H]2[C@H](O)[C@H](OCCCl)OC[C@H]2O1. The molecule has 6 heteroatoms. The largest absolute Gasteiger partial charge is 0.385 e. The first-order chi connectivity index (χ1) is 7.53. The molecule has 94 valence electrons. The molecule has 0 unspecified atom stereocenters. The number of ether oxygens (including phenoxy) is 4. The van der Waals surface area contributed by atoms with Crippen molar-refractivity contribution in [3.05, 3.63) is 0 Å². The van der Waals surface area contributed by atoms with E-state index in [0.717, 1.165) is 0 Å². The van der Waals surface area contributed by atoms with E-state index in [2.05, 4.69) is 0 Å². The van der Waals surface area contributed by atoms with Crippen molar-refractivity contribution in [1.29, 1.82) is 0 Å². The summed E-state index contributed by atoms with van der Waals surface area (Å²) in [6.45, 7) is 4.32. The lowest BCUT2D eigenvalue weighted by molar-refractivity contribution is -0.249. The molecule has 0 spiro atoms. The van der Waals surface area contributed by atoms with Crippen molar-refractivity contribution < 1.29 is 24.1 Å². The Kier molecular flexibility index (Phi) is 3.73. The fourth-order valence-electron chi connectivity index (χ4n) is 2.03. The molecule has 4 atom stereocenters. The Balaban J connectivity index is 1.96. The van der Waals surface area contributed by atoms with Gasteiger partial charge in [-0.1, -0.05) is 0 Å². The number of aliphatic hydroxyl groups excluding tert-OH is 1. The quantitative estimate of drug-likeness (QED) is 0.741. The number of hydrogen-bond donors (Lipinski definition) is 1. The molecule has 2 heterocycles. The predicted molar refractivity (Wildman–Crippen MR) is 56.2 cm³/mol. The molecule has 0 saturated carbocycles. The topological polar surface area (TPSA) is 57.2 Å². The zero-order valence-corrected chi connectivity index (χ0v) is 10.1. The van der Waals surface area contributed by atoms with E-state index in [9.17, 15) is 5.11 Å². The molecule has 2 rings (SSSR count). The maximum atomic E-state index is 10.00. The Labute approximate surface area is 99.6 Å². The third-order valence-electron chi connectivity index (χ3n) is 2.62. The Morgan fingerprint density at radius 2 is 2.19 bits per heavy atom. The van der Waals surface area contributed by atoms with Gasteiger partial charge in [0.25, 0.3) is 0 Å². The highest BCUT2D eigenvalue weighted by atomic mass is 35.5. The summed E-state index contributed by atoms with van der Waals surface area (Å²) < 4.78 is 21.8. The van der Waals surface area contributed by atoms with Gasteiger partial charge in [0, 0.05) is 5.88 Å². The average molecular weight is 253 g/mol. The second kappa shape index (κ2) is 4.76. The summed E-state index contributed by atoms with van der Waals surface area (Å²) in [4.78, 5) is 0. The second-order valence-corrected chi connectivity index (χ2v) is 4.77. The van der Waals surface area contributed by atoms with Gasteiger partial charge in [0.05, 0.1) is 13.2 Å². The first-order valence-electron chi connectivity index (χ1n) is 5.36. The van der Waals surface area contributed by atoms with Gasteiger partial charge in [-0.2, -0.15) is 0 Å². The van der Waals surface area contributed by atoms with E-state index in [4.69, 9.17) is 30.5 Å². The van der Waals surface area contributed by atoms with Crippen LogP contribution in [0.25, 0.3) is 0 Å². The molecule has 0 radical (unpaired) electrons. The third kappa shape index (κ3) is 2.50. The lowest BCUT2D eigenvalue weighted by Crippen LogP contribution is -2.52. The monoisotopic (exact) mass is 252 g/mol. The molecule has 0 amide bonds. The average Bonchev–Trinajstić information content (AvgIpc) is 2.53. The maximum absolute atomic E-state index is 10.00. The van der Waals surface area contributed by atoms with Gasteiger partial charge in [-0.25, -0.2) is 0 Å². The Morgan fingerprint density at radius 1 is 1.44 bits per heavy atom. The van der Waals surface area contributed by atoms with Crippen LogP contribution in [-0.2, 0) is 18.9 Å². The van der Waals surface area contributed by atoms with Crippen molar-refractivity contribution in [1.82, 2.24) is 0 Å². The van der Waals surface area contributed by atoms with Crippen molar-refractivity contribution >= 4 is 11.6 Å². The zero-order valence-electron chi connectivity index (χ0n) is 9.39. The van der Waals surface area contributed by atoms with Crippen LogP contribution in [-0.4, -0.2) is 54.6 Å². The Hall–Kier alpha value is 0.0900. The van der Waals surface area contributed by atoms with Crippen LogP contribution < -0.4 is 0 Å². The van der Waals surface area contributed by atoms with Gasteiger partial charge < -0.3 is 24.1 Å². The molecule has 0 bridgehead atoms. The molecule has 1 N–H and O–H groups in total. The lowest BCUT2D eigenvalue weighted by Gasteiger charge is -2.34. The van der Waals surface area contributed by atoms with Crippen LogP contribution in [0.4, 0.5) is 0 Å². The Bertz CT molecular complexity index is 247. The molecule has 2 aliphatic heterocycles. The van der Waals surface area contributed by atoms with E-state index < -0.39 is 24.3 Å². The molecule has 0 aromatic rings. The van der Waals surface area contributed by atoms with Crippen LogP contribution >= 0.6 is 11.6 Å². The van der Waals surface area contributed by atoms with E-state index in [-0.39, 0.29) is 6.10 Å². The molecular weight excluding hydrogens is 236 g/mol. The summed E-state index contributed by atoms with van der Waals surface area (Å²) >= 11 is 5.51. The highest BCUT2D eigenvalue weighted by molar-refractivity contribution is 6.17. The van der Waals surface area contributed by atoms with E-state index in [1.807, 2.05) is 13.8 Å². The summed E-state index contributed by atoms with van der Waals surface area (Å²) in [6.07, 6.45) is -2.16. The molecule has 0 aromatic carbocycles. The molecule has 16 heavy (non-hydrogen) atoms. The molecule has 0 aliphatic carbocycles. The van der Waals surface area contributed by atoms with E-state index in [1.54, 1.807) is 0 Å².